The maximum atomic E-state index is 6.49. The molecule has 35 heavy (non-hydrogen) atoms. The van der Waals surface area contributed by atoms with Gasteiger partial charge in [-0.05, 0) is 59.8 Å². The van der Waals surface area contributed by atoms with E-state index in [2.05, 4.69) is 63.8 Å². The van der Waals surface area contributed by atoms with Crippen molar-refractivity contribution in [2.75, 3.05) is 20.6 Å². The summed E-state index contributed by atoms with van der Waals surface area (Å²) < 4.78 is 0. The number of amidine groups is 1. The predicted octanol–water partition coefficient (Wildman–Crippen LogP) is 2.44. The molecule has 0 aromatic heterocycles. The zero-order chi connectivity index (χ0) is 25.4. The number of rotatable bonds is 7. The standard InChI is InChI=1S/C27H36N8/c1-18(2)20(14-28)13-26(30)34-27-10-9-25-24(33-27)12-21(17-35(25)4)22(16-31-3)23(29)8-7-19-6-5-11-32-15-19/h5-14,16-18,25,32H,15,28-30H2,1-4H3,(H,33,34)/b8-7+,20-14+,23-22?,26-13+,31-16?. The fraction of sp³-hybridized carbons (Fsp3) is 0.259. The van der Waals surface area contributed by atoms with Gasteiger partial charge in [0.15, 0.2) is 0 Å². The Hall–Kier alpha value is -4.20. The number of nitrogens with two attached hydrogens (primary N) is 3. The molecular formula is C27H36N8. The van der Waals surface area contributed by atoms with Crippen LogP contribution in [0, 0.1) is 5.92 Å². The number of hydrogen-bond donors (Lipinski definition) is 5. The molecule has 0 radical (unpaired) electrons. The summed E-state index contributed by atoms with van der Waals surface area (Å²) in [7, 11) is 3.76. The minimum Gasteiger partial charge on any atom is -0.404 e. The number of nitrogens with zero attached hydrogens (tertiary/aromatic N) is 3. The van der Waals surface area contributed by atoms with Gasteiger partial charge in [-0.25, -0.2) is 4.99 Å². The zero-order valence-corrected chi connectivity index (χ0v) is 20.9. The molecule has 0 spiro atoms. The van der Waals surface area contributed by atoms with E-state index in [4.69, 9.17) is 17.2 Å². The largest absolute Gasteiger partial charge is 0.404 e. The SMILES string of the molecule is CN=CC(C1=CN(C)C2C=CC(=N/C(N)=C/C(=C\N)C(C)C)NC2=C1)=C(N)/C=C/C1=CC=CNC1. The van der Waals surface area contributed by atoms with Crippen LogP contribution < -0.4 is 27.8 Å². The van der Waals surface area contributed by atoms with Crippen molar-refractivity contribution < 1.29 is 0 Å². The Kier molecular flexibility index (Phi) is 8.56. The van der Waals surface area contributed by atoms with Crippen LogP contribution in [0.4, 0.5) is 0 Å². The van der Waals surface area contributed by atoms with Crippen LogP contribution in [-0.4, -0.2) is 43.6 Å². The van der Waals surface area contributed by atoms with Crippen molar-refractivity contribution in [1.29, 1.82) is 0 Å². The lowest BCUT2D eigenvalue weighted by molar-refractivity contribution is 0.404. The summed E-state index contributed by atoms with van der Waals surface area (Å²) in [5.74, 6) is 1.30. The van der Waals surface area contributed by atoms with E-state index in [1.807, 2.05) is 37.6 Å². The van der Waals surface area contributed by atoms with Crippen molar-refractivity contribution in [3.63, 3.8) is 0 Å². The van der Waals surface area contributed by atoms with Gasteiger partial charge in [-0.15, -0.1) is 0 Å². The van der Waals surface area contributed by atoms with Crippen molar-refractivity contribution in [3.8, 4) is 0 Å². The summed E-state index contributed by atoms with van der Waals surface area (Å²) >= 11 is 0. The van der Waals surface area contributed by atoms with Crippen LogP contribution in [-0.2, 0) is 0 Å². The quantitative estimate of drug-likeness (QED) is 0.286. The van der Waals surface area contributed by atoms with E-state index in [0.29, 0.717) is 17.4 Å². The number of aliphatic imine (C=N–C) groups is 2. The Balaban J connectivity index is 1.89. The van der Waals surface area contributed by atoms with Crippen LogP contribution in [0.1, 0.15) is 13.8 Å². The van der Waals surface area contributed by atoms with Crippen molar-refractivity contribution in [1.82, 2.24) is 15.5 Å². The lowest BCUT2D eigenvalue weighted by atomic mass is 9.96. The number of fused-ring (bicyclic) bond motifs is 1. The molecule has 0 aromatic carbocycles. The molecule has 3 aliphatic heterocycles. The molecule has 3 rings (SSSR count). The van der Waals surface area contributed by atoms with Crippen LogP contribution in [0.5, 0.6) is 0 Å². The minimum atomic E-state index is 0.0555. The van der Waals surface area contributed by atoms with E-state index in [9.17, 15) is 0 Å². The Bertz CT molecular complexity index is 1150. The molecule has 0 bridgehead atoms. The molecule has 0 amide bonds. The molecule has 8 N–H and O–H groups in total. The van der Waals surface area contributed by atoms with Crippen LogP contribution in [0.2, 0.25) is 0 Å². The molecule has 1 atom stereocenters. The normalized spacial score (nSPS) is 22.7. The third-order valence-corrected chi connectivity index (χ3v) is 5.73. The van der Waals surface area contributed by atoms with Crippen molar-refractivity contribution in [2.45, 2.75) is 19.9 Å². The first kappa shape index (κ1) is 25.4. The molecule has 0 saturated carbocycles. The average molecular weight is 473 g/mol. The molecule has 0 saturated heterocycles. The highest BCUT2D eigenvalue weighted by Crippen LogP contribution is 2.26. The molecule has 0 aromatic rings. The van der Waals surface area contributed by atoms with E-state index in [0.717, 1.165) is 34.5 Å². The van der Waals surface area contributed by atoms with Gasteiger partial charge in [-0.3, -0.25) is 4.99 Å². The van der Waals surface area contributed by atoms with Gasteiger partial charge in [0.25, 0.3) is 0 Å². The van der Waals surface area contributed by atoms with Gasteiger partial charge < -0.3 is 32.7 Å². The molecule has 0 aliphatic carbocycles. The summed E-state index contributed by atoms with van der Waals surface area (Å²) in [5, 5.41) is 6.60. The number of nitrogens with one attached hydrogen (secondary N) is 2. The van der Waals surface area contributed by atoms with Crippen LogP contribution in [0.15, 0.2) is 117 Å². The smallest absolute Gasteiger partial charge is 0.132 e. The zero-order valence-electron chi connectivity index (χ0n) is 20.9. The third-order valence-electron chi connectivity index (χ3n) is 5.73. The summed E-state index contributed by atoms with van der Waals surface area (Å²) in [6.07, 6.45) is 23.2. The van der Waals surface area contributed by atoms with Crippen LogP contribution in [0.25, 0.3) is 0 Å². The van der Waals surface area contributed by atoms with Crippen molar-refractivity contribution in [3.05, 3.63) is 107 Å². The molecule has 3 heterocycles. The number of hydrogen-bond acceptors (Lipinski definition) is 7. The van der Waals surface area contributed by atoms with E-state index in [1.54, 1.807) is 25.5 Å². The number of allylic oxidation sites excluding steroid dienone is 8. The second kappa shape index (κ2) is 11.8. The minimum absolute atomic E-state index is 0.0555. The van der Waals surface area contributed by atoms with Gasteiger partial charge in [0.05, 0.1) is 6.04 Å². The predicted molar refractivity (Wildman–Crippen MR) is 147 cm³/mol. The highest BCUT2D eigenvalue weighted by molar-refractivity contribution is 5.97. The Morgan fingerprint density at radius 3 is 2.74 bits per heavy atom. The second-order valence-corrected chi connectivity index (χ2v) is 8.74. The van der Waals surface area contributed by atoms with Gasteiger partial charge in [0.2, 0.25) is 0 Å². The lowest BCUT2D eigenvalue weighted by Crippen LogP contribution is -2.41. The van der Waals surface area contributed by atoms with Gasteiger partial charge in [-0.2, -0.15) is 0 Å². The fourth-order valence-corrected chi connectivity index (χ4v) is 3.81. The highest BCUT2D eigenvalue weighted by atomic mass is 15.2. The summed E-state index contributed by atoms with van der Waals surface area (Å²) in [4.78, 5) is 10.9. The van der Waals surface area contributed by atoms with E-state index in [-0.39, 0.29) is 12.0 Å². The van der Waals surface area contributed by atoms with E-state index in [1.165, 1.54) is 0 Å². The lowest BCUT2D eigenvalue weighted by Gasteiger charge is -2.34. The molecular weight excluding hydrogens is 436 g/mol. The average Bonchev–Trinajstić information content (AvgIpc) is 2.84. The topological polar surface area (TPSA) is 130 Å². The number of dihydropyridines is 1. The molecule has 184 valence electrons. The first-order valence-corrected chi connectivity index (χ1v) is 11.6. The Morgan fingerprint density at radius 1 is 1.29 bits per heavy atom. The molecule has 8 heteroatoms. The van der Waals surface area contributed by atoms with Crippen LogP contribution >= 0.6 is 0 Å². The molecule has 8 nitrogen and oxygen atoms in total. The number of likely N-dealkylation sites (N-methyl/N-ethyl adjacent to an activating group) is 1. The van der Waals surface area contributed by atoms with E-state index >= 15 is 0 Å². The van der Waals surface area contributed by atoms with Gasteiger partial charge in [0, 0.05) is 55.6 Å². The van der Waals surface area contributed by atoms with Gasteiger partial charge in [0.1, 0.15) is 11.7 Å². The van der Waals surface area contributed by atoms with E-state index < -0.39 is 0 Å². The molecule has 3 aliphatic rings. The summed E-state index contributed by atoms with van der Waals surface area (Å²) in [5.41, 5.74) is 23.8. The first-order chi connectivity index (χ1) is 16.8. The maximum Gasteiger partial charge on any atom is 0.132 e. The molecule has 1 unspecified atom stereocenters. The Morgan fingerprint density at radius 2 is 2.09 bits per heavy atom. The summed E-state index contributed by atoms with van der Waals surface area (Å²) in [6, 6.07) is 0.0555. The third kappa shape index (κ3) is 6.66. The molecule has 0 fully saturated rings. The monoisotopic (exact) mass is 472 g/mol. The van der Waals surface area contributed by atoms with Gasteiger partial charge in [-0.1, -0.05) is 32.1 Å². The van der Waals surface area contributed by atoms with Crippen LogP contribution in [0.3, 0.4) is 0 Å². The fourth-order valence-electron chi connectivity index (χ4n) is 3.81. The van der Waals surface area contributed by atoms with Gasteiger partial charge >= 0.3 is 0 Å². The second-order valence-electron chi connectivity index (χ2n) is 8.74. The highest BCUT2D eigenvalue weighted by Gasteiger charge is 2.25. The Labute approximate surface area is 208 Å². The van der Waals surface area contributed by atoms with Crippen molar-refractivity contribution in [2.24, 2.45) is 33.1 Å². The van der Waals surface area contributed by atoms with Crippen molar-refractivity contribution >= 4 is 12.1 Å². The summed E-state index contributed by atoms with van der Waals surface area (Å²) in [6.45, 7) is 4.88. The first-order valence-electron chi connectivity index (χ1n) is 11.6. The maximum absolute atomic E-state index is 6.49.